The van der Waals surface area contributed by atoms with E-state index in [-0.39, 0.29) is 11.5 Å². The van der Waals surface area contributed by atoms with E-state index in [9.17, 15) is 9.59 Å². The van der Waals surface area contributed by atoms with Gasteiger partial charge in [-0.3, -0.25) is 9.59 Å². The van der Waals surface area contributed by atoms with Crippen molar-refractivity contribution in [3.8, 4) is 11.5 Å². The van der Waals surface area contributed by atoms with Crippen LogP contribution in [0.4, 0.5) is 0 Å². The molecule has 0 radical (unpaired) electrons. The third-order valence-electron chi connectivity index (χ3n) is 6.42. The summed E-state index contributed by atoms with van der Waals surface area (Å²) in [7, 11) is 3.20. The van der Waals surface area contributed by atoms with Crippen molar-refractivity contribution in [2.24, 2.45) is 0 Å². The number of nitrogens with one attached hydrogen (secondary N) is 1. The number of amides is 1. The summed E-state index contributed by atoms with van der Waals surface area (Å²) in [6.45, 7) is 2.54. The molecule has 0 aliphatic carbocycles. The van der Waals surface area contributed by atoms with Crippen molar-refractivity contribution < 1.29 is 14.3 Å². The Bertz CT molecular complexity index is 1420. The first-order chi connectivity index (χ1) is 16.5. The van der Waals surface area contributed by atoms with Crippen molar-refractivity contribution in [2.45, 2.75) is 25.8 Å². The molecule has 174 valence electrons. The molecule has 4 aromatic rings. The van der Waals surface area contributed by atoms with Crippen molar-refractivity contribution in [3.05, 3.63) is 91.4 Å². The summed E-state index contributed by atoms with van der Waals surface area (Å²) >= 11 is 1.56. The Labute approximate surface area is 201 Å². The van der Waals surface area contributed by atoms with Gasteiger partial charge in [-0.25, -0.2) is 0 Å². The van der Waals surface area contributed by atoms with Crippen LogP contribution in [0.1, 0.15) is 33.2 Å². The Morgan fingerprint density at radius 1 is 1.09 bits per heavy atom. The van der Waals surface area contributed by atoms with Gasteiger partial charge in [0.05, 0.1) is 26.7 Å². The number of carbonyl (C=O) groups excluding carboxylic acids is 1. The third-order valence-corrected chi connectivity index (χ3v) is 7.30. The lowest BCUT2D eigenvalue weighted by molar-refractivity contribution is -0.132. The maximum atomic E-state index is 13.5. The summed E-state index contributed by atoms with van der Waals surface area (Å²) in [5.41, 5.74) is 4.17. The standard InChI is InChI=1S/C27H26N2O4S/c1-16-6-7-22-18(11-16)12-21(27(31)28-22)26-20-15-24(33-3)23(32-2)13-17(20)8-9-29(26)25(30)14-19-5-4-10-34-19/h4-7,10-13,15,26H,8-9,14H2,1-3H3,(H,28,31). The van der Waals surface area contributed by atoms with Crippen LogP contribution >= 0.6 is 11.3 Å². The van der Waals surface area contributed by atoms with Crippen molar-refractivity contribution in [1.82, 2.24) is 9.88 Å². The number of benzene rings is 2. The lowest BCUT2D eigenvalue weighted by atomic mass is 9.87. The molecule has 2 aromatic carbocycles. The molecule has 0 spiro atoms. The number of ether oxygens (including phenoxy) is 2. The number of aromatic amines is 1. The van der Waals surface area contributed by atoms with Crippen LogP contribution in [-0.4, -0.2) is 36.6 Å². The summed E-state index contributed by atoms with van der Waals surface area (Å²) < 4.78 is 11.1. The van der Waals surface area contributed by atoms with Crippen molar-refractivity contribution in [2.75, 3.05) is 20.8 Å². The minimum Gasteiger partial charge on any atom is -0.493 e. The molecule has 5 rings (SSSR count). The van der Waals surface area contributed by atoms with E-state index in [1.54, 1.807) is 25.6 Å². The highest BCUT2D eigenvalue weighted by Crippen LogP contribution is 2.41. The van der Waals surface area contributed by atoms with E-state index in [2.05, 4.69) is 4.98 Å². The number of hydrogen-bond acceptors (Lipinski definition) is 5. The lowest BCUT2D eigenvalue weighted by Crippen LogP contribution is -2.43. The second kappa shape index (κ2) is 8.99. The predicted molar refractivity (Wildman–Crippen MR) is 134 cm³/mol. The summed E-state index contributed by atoms with van der Waals surface area (Å²) in [6.07, 6.45) is 0.981. The van der Waals surface area contributed by atoms with Gasteiger partial charge in [-0.1, -0.05) is 17.7 Å². The highest BCUT2D eigenvalue weighted by Gasteiger charge is 2.35. The van der Waals surface area contributed by atoms with Crippen LogP contribution in [0.2, 0.25) is 0 Å². The Morgan fingerprint density at radius 2 is 1.88 bits per heavy atom. The quantitative estimate of drug-likeness (QED) is 0.458. The molecule has 34 heavy (non-hydrogen) atoms. The van der Waals surface area contributed by atoms with Crippen molar-refractivity contribution in [3.63, 3.8) is 0 Å². The summed E-state index contributed by atoms with van der Waals surface area (Å²) in [4.78, 5) is 32.7. The van der Waals surface area contributed by atoms with E-state index in [1.165, 1.54) is 0 Å². The molecule has 6 nitrogen and oxygen atoms in total. The molecule has 1 unspecified atom stereocenters. The Kier molecular flexibility index (Phi) is 5.87. The van der Waals surface area contributed by atoms with Crippen LogP contribution in [0.25, 0.3) is 10.9 Å². The number of aryl methyl sites for hydroxylation is 1. The molecule has 3 heterocycles. The van der Waals surface area contributed by atoms with E-state index in [4.69, 9.17) is 9.47 Å². The van der Waals surface area contributed by atoms with Gasteiger partial charge in [0, 0.05) is 22.5 Å². The minimum atomic E-state index is -0.523. The molecule has 1 atom stereocenters. The molecule has 0 saturated carbocycles. The van der Waals surface area contributed by atoms with Gasteiger partial charge in [-0.2, -0.15) is 0 Å². The van der Waals surface area contributed by atoms with Gasteiger partial charge in [0.2, 0.25) is 5.91 Å². The largest absolute Gasteiger partial charge is 0.493 e. The average Bonchev–Trinajstić information content (AvgIpc) is 3.35. The molecule has 0 fully saturated rings. The Hall–Kier alpha value is -3.58. The Morgan fingerprint density at radius 3 is 2.62 bits per heavy atom. The van der Waals surface area contributed by atoms with Gasteiger partial charge < -0.3 is 19.4 Å². The zero-order chi connectivity index (χ0) is 23.8. The number of thiophene rings is 1. The van der Waals surface area contributed by atoms with Crippen molar-refractivity contribution >= 4 is 28.1 Å². The molecule has 2 aromatic heterocycles. The molecule has 0 saturated heterocycles. The number of fused-ring (bicyclic) bond motifs is 2. The SMILES string of the molecule is COc1cc2c(cc1OC)C(c1cc3cc(C)ccc3[nH]c1=O)N(C(=O)Cc1cccs1)CC2. The number of pyridine rings is 1. The first kappa shape index (κ1) is 22.2. The van der Waals surface area contributed by atoms with E-state index < -0.39 is 6.04 Å². The van der Waals surface area contributed by atoms with Crippen LogP contribution in [0.15, 0.2) is 58.7 Å². The second-order valence-electron chi connectivity index (χ2n) is 8.55. The molecule has 1 amide bonds. The first-order valence-electron chi connectivity index (χ1n) is 11.2. The van der Waals surface area contributed by atoms with Crippen LogP contribution in [0, 0.1) is 6.92 Å². The normalized spacial score (nSPS) is 15.3. The maximum Gasteiger partial charge on any atom is 0.254 e. The van der Waals surface area contributed by atoms with Gasteiger partial charge in [-0.15, -0.1) is 11.3 Å². The van der Waals surface area contributed by atoms with Gasteiger partial charge in [0.15, 0.2) is 11.5 Å². The molecule has 1 aliphatic rings. The fourth-order valence-corrected chi connectivity index (χ4v) is 5.46. The fraction of sp³-hybridized carbons (Fsp3) is 0.259. The number of H-pyrrole nitrogens is 1. The van der Waals surface area contributed by atoms with E-state index >= 15 is 0 Å². The van der Waals surface area contributed by atoms with Gasteiger partial charge in [0.25, 0.3) is 5.56 Å². The Balaban J connectivity index is 1.69. The predicted octanol–water partition coefficient (Wildman–Crippen LogP) is 4.63. The fourth-order valence-electron chi connectivity index (χ4n) is 4.76. The van der Waals surface area contributed by atoms with Crippen LogP contribution < -0.4 is 15.0 Å². The van der Waals surface area contributed by atoms with Crippen molar-refractivity contribution in [1.29, 1.82) is 0 Å². The molecular formula is C27H26N2O4S. The molecule has 7 heteroatoms. The van der Waals surface area contributed by atoms with Gasteiger partial charge in [0.1, 0.15) is 0 Å². The molecule has 1 aliphatic heterocycles. The van der Waals surface area contributed by atoms with E-state index in [0.29, 0.717) is 36.4 Å². The van der Waals surface area contributed by atoms with E-state index in [0.717, 1.165) is 32.5 Å². The minimum absolute atomic E-state index is 0.00313. The number of carbonyl (C=O) groups is 1. The number of aromatic nitrogens is 1. The highest BCUT2D eigenvalue weighted by atomic mass is 32.1. The zero-order valence-electron chi connectivity index (χ0n) is 19.4. The van der Waals surface area contributed by atoms with Gasteiger partial charge >= 0.3 is 0 Å². The molecular weight excluding hydrogens is 448 g/mol. The monoisotopic (exact) mass is 474 g/mol. The lowest BCUT2D eigenvalue weighted by Gasteiger charge is -2.38. The van der Waals surface area contributed by atoms with E-state index in [1.807, 2.05) is 65.7 Å². The summed E-state index contributed by atoms with van der Waals surface area (Å²) in [5.74, 6) is 1.21. The van der Waals surface area contributed by atoms with Crippen LogP contribution in [0.5, 0.6) is 11.5 Å². The molecule has 0 bridgehead atoms. The second-order valence-corrected chi connectivity index (χ2v) is 9.58. The first-order valence-corrected chi connectivity index (χ1v) is 12.1. The van der Waals surface area contributed by atoms with Crippen LogP contribution in [-0.2, 0) is 17.6 Å². The summed E-state index contributed by atoms with van der Waals surface area (Å²) in [5, 5.41) is 2.91. The smallest absolute Gasteiger partial charge is 0.254 e. The maximum absolute atomic E-state index is 13.5. The molecule has 1 N–H and O–H groups in total. The van der Waals surface area contributed by atoms with Gasteiger partial charge in [-0.05, 0) is 71.6 Å². The number of nitrogens with zero attached hydrogens (tertiary/aromatic N) is 1. The average molecular weight is 475 g/mol. The topological polar surface area (TPSA) is 71.6 Å². The number of hydrogen-bond donors (Lipinski definition) is 1. The third kappa shape index (κ3) is 3.96. The number of methoxy groups -OCH3 is 2. The number of rotatable bonds is 5. The highest BCUT2D eigenvalue weighted by molar-refractivity contribution is 7.10. The van der Waals surface area contributed by atoms with Crippen LogP contribution in [0.3, 0.4) is 0 Å². The summed E-state index contributed by atoms with van der Waals surface area (Å²) in [6, 6.07) is 15.1. The zero-order valence-corrected chi connectivity index (χ0v) is 20.2.